The molecule has 1 aromatic heterocycles. The fourth-order valence-electron chi connectivity index (χ4n) is 2.34. The van der Waals surface area contributed by atoms with Gasteiger partial charge in [-0.25, -0.2) is 0 Å². The van der Waals surface area contributed by atoms with Crippen molar-refractivity contribution in [2.45, 2.75) is 45.3 Å². The molecule has 1 saturated heterocycles. The number of rotatable bonds is 4. The zero-order valence-corrected chi connectivity index (χ0v) is 10.7. The van der Waals surface area contributed by atoms with Crippen molar-refractivity contribution in [1.29, 1.82) is 0 Å². The van der Waals surface area contributed by atoms with Crippen molar-refractivity contribution in [3.05, 3.63) is 29.6 Å². The van der Waals surface area contributed by atoms with Gasteiger partial charge in [-0.05, 0) is 31.4 Å². The number of hydrogen-bond acceptors (Lipinski definition) is 3. The molecular formula is C14H22N2O. The summed E-state index contributed by atoms with van der Waals surface area (Å²) in [5.41, 5.74) is 8.59. The van der Waals surface area contributed by atoms with Crippen LogP contribution >= 0.6 is 0 Å². The van der Waals surface area contributed by atoms with Gasteiger partial charge in [0, 0.05) is 30.3 Å². The van der Waals surface area contributed by atoms with E-state index in [1.165, 1.54) is 5.56 Å². The van der Waals surface area contributed by atoms with Crippen LogP contribution in [0.1, 0.15) is 31.5 Å². The maximum Gasteiger partial charge on any atom is 0.0551 e. The lowest BCUT2D eigenvalue weighted by molar-refractivity contribution is 0.118. The molecule has 0 aromatic carbocycles. The molecule has 0 radical (unpaired) electrons. The minimum atomic E-state index is 0.167. The Morgan fingerprint density at radius 3 is 2.88 bits per heavy atom. The highest BCUT2D eigenvalue weighted by Crippen LogP contribution is 2.22. The molecule has 1 aromatic rings. The van der Waals surface area contributed by atoms with E-state index < -0.39 is 0 Å². The third-order valence-electron chi connectivity index (χ3n) is 3.57. The zero-order chi connectivity index (χ0) is 12.3. The van der Waals surface area contributed by atoms with Gasteiger partial charge < -0.3 is 10.5 Å². The largest absolute Gasteiger partial charge is 0.378 e. The highest BCUT2D eigenvalue weighted by molar-refractivity contribution is 5.14. The van der Waals surface area contributed by atoms with Crippen LogP contribution in [0.25, 0.3) is 0 Å². The van der Waals surface area contributed by atoms with Gasteiger partial charge in [0.25, 0.3) is 0 Å². The molecule has 0 amide bonds. The molecule has 1 fully saturated rings. The Labute approximate surface area is 103 Å². The van der Waals surface area contributed by atoms with Crippen molar-refractivity contribution in [2.75, 3.05) is 6.61 Å². The summed E-state index contributed by atoms with van der Waals surface area (Å²) < 4.78 is 5.56. The number of nitrogens with zero attached hydrogens (tertiary/aromatic N) is 1. The van der Waals surface area contributed by atoms with Crippen LogP contribution in [0.3, 0.4) is 0 Å². The van der Waals surface area contributed by atoms with E-state index >= 15 is 0 Å². The molecule has 2 rings (SSSR count). The maximum atomic E-state index is 6.22. The number of aromatic nitrogens is 1. The van der Waals surface area contributed by atoms with E-state index in [9.17, 15) is 0 Å². The lowest BCUT2D eigenvalue weighted by Gasteiger charge is -2.17. The number of aryl methyl sites for hydroxylation is 1. The lowest BCUT2D eigenvalue weighted by Crippen LogP contribution is -2.33. The number of ether oxygens (including phenoxy) is 1. The first-order chi connectivity index (χ1) is 8.19. The Kier molecular flexibility index (Phi) is 4.13. The Morgan fingerprint density at radius 2 is 2.35 bits per heavy atom. The summed E-state index contributed by atoms with van der Waals surface area (Å²) in [5.74, 6) is 0.484. The fraction of sp³-hybridized carbons (Fsp3) is 0.643. The van der Waals surface area contributed by atoms with E-state index in [-0.39, 0.29) is 6.04 Å². The number of hydrogen-bond donors (Lipinski definition) is 1. The predicted molar refractivity (Wildman–Crippen MR) is 68.8 cm³/mol. The van der Waals surface area contributed by atoms with Crippen LogP contribution in [0.15, 0.2) is 18.3 Å². The summed E-state index contributed by atoms with van der Waals surface area (Å²) in [6.07, 6.45) is 5.28. The van der Waals surface area contributed by atoms with Crippen LogP contribution in [0.4, 0.5) is 0 Å². The molecule has 1 aliphatic rings. The van der Waals surface area contributed by atoms with Crippen LogP contribution in [0.5, 0.6) is 0 Å². The maximum absolute atomic E-state index is 6.22. The topological polar surface area (TPSA) is 48.1 Å². The van der Waals surface area contributed by atoms with Crippen LogP contribution in [-0.2, 0) is 17.6 Å². The second-order valence-electron chi connectivity index (χ2n) is 5.02. The van der Waals surface area contributed by atoms with Gasteiger partial charge in [-0.15, -0.1) is 0 Å². The van der Waals surface area contributed by atoms with E-state index in [1.54, 1.807) is 0 Å². The third-order valence-corrected chi connectivity index (χ3v) is 3.57. The molecule has 17 heavy (non-hydrogen) atoms. The molecule has 3 heteroatoms. The molecule has 2 heterocycles. The summed E-state index contributed by atoms with van der Waals surface area (Å²) in [6.45, 7) is 5.05. The first-order valence-corrected chi connectivity index (χ1v) is 6.50. The Balaban J connectivity index is 1.91. The molecule has 2 N–H and O–H groups in total. The molecule has 1 aliphatic heterocycles. The minimum absolute atomic E-state index is 0.167. The van der Waals surface area contributed by atoms with Gasteiger partial charge in [0.1, 0.15) is 0 Å². The first-order valence-electron chi connectivity index (χ1n) is 6.50. The van der Waals surface area contributed by atoms with Gasteiger partial charge in [-0.3, -0.25) is 4.98 Å². The molecule has 0 aliphatic carbocycles. The van der Waals surface area contributed by atoms with E-state index in [2.05, 4.69) is 31.0 Å². The van der Waals surface area contributed by atoms with Gasteiger partial charge in [0.15, 0.2) is 0 Å². The van der Waals surface area contributed by atoms with Crippen LogP contribution < -0.4 is 5.73 Å². The van der Waals surface area contributed by atoms with E-state index in [0.717, 1.165) is 31.6 Å². The molecule has 3 atom stereocenters. The fourth-order valence-corrected chi connectivity index (χ4v) is 2.34. The minimum Gasteiger partial charge on any atom is -0.378 e. The lowest BCUT2D eigenvalue weighted by atomic mass is 9.94. The number of pyridine rings is 1. The summed E-state index contributed by atoms with van der Waals surface area (Å²) in [4.78, 5) is 4.46. The van der Waals surface area contributed by atoms with E-state index in [4.69, 9.17) is 10.5 Å². The van der Waals surface area contributed by atoms with Crippen molar-refractivity contribution in [3.63, 3.8) is 0 Å². The zero-order valence-electron chi connectivity index (χ0n) is 10.7. The van der Waals surface area contributed by atoms with Crippen molar-refractivity contribution in [2.24, 2.45) is 11.7 Å². The molecule has 3 nitrogen and oxygen atoms in total. The highest BCUT2D eigenvalue weighted by Gasteiger charge is 2.27. The summed E-state index contributed by atoms with van der Waals surface area (Å²) >= 11 is 0. The summed E-state index contributed by atoms with van der Waals surface area (Å²) in [7, 11) is 0. The van der Waals surface area contributed by atoms with Crippen molar-refractivity contribution >= 4 is 0 Å². The Hall–Kier alpha value is -0.930. The van der Waals surface area contributed by atoms with Gasteiger partial charge >= 0.3 is 0 Å². The predicted octanol–water partition coefficient (Wildman–Crippen LogP) is 1.94. The molecule has 0 saturated carbocycles. The summed E-state index contributed by atoms with van der Waals surface area (Å²) in [5, 5.41) is 0. The second kappa shape index (κ2) is 5.61. The highest BCUT2D eigenvalue weighted by atomic mass is 16.5. The van der Waals surface area contributed by atoms with Gasteiger partial charge in [-0.1, -0.05) is 13.0 Å². The number of nitrogens with two attached hydrogens (primary N) is 1. The smallest absolute Gasteiger partial charge is 0.0551 e. The van der Waals surface area contributed by atoms with Crippen LogP contribution in [-0.4, -0.2) is 23.7 Å². The average Bonchev–Trinajstić information content (AvgIpc) is 2.77. The molecular weight excluding hydrogens is 212 g/mol. The van der Waals surface area contributed by atoms with Crippen molar-refractivity contribution < 1.29 is 4.74 Å². The quantitative estimate of drug-likeness (QED) is 0.866. The monoisotopic (exact) mass is 234 g/mol. The SMILES string of the molecule is CCc1ccc(CC(N)C2COC(C)C2)nc1. The van der Waals surface area contributed by atoms with Gasteiger partial charge in [-0.2, -0.15) is 0 Å². The summed E-state index contributed by atoms with van der Waals surface area (Å²) in [6, 6.07) is 4.40. The standard InChI is InChI=1S/C14H22N2O/c1-3-11-4-5-13(16-8-11)7-14(15)12-6-10(2)17-9-12/h4-5,8,10,12,14H,3,6-7,9,15H2,1-2H3. The Bertz CT molecular complexity index is 350. The van der Waals surface area contributed by atoms with Crippen molar-refractivity contribution in [1.82, 2.24) is 4.98 Å². The Morgan fingerprint density at radius 1 is 1.53 bits per heavy atom. The van der Waals surface area contributed by atoms with E-state index in [1.807, 2.05) is 6.20 Å². The molecule has 94 valence electrons. The van der Waals surface area contributed by atoms with Crippen LogP contribution in [0.2, 0.25) is 0 Å². The second-order valence-corrected chi connectivity index (χ2v) is 5.02. The third kappa shape index (κ3) is 3.27. The average molecular weight is 234 g/mol. The van der Waals surface area contributed by atoms with Crippen LogP contribution in [0, 0.1) is 5.92 Å². The van der Waals surface area contributed by atoms with Gasteiger partial charge in [0.05, 0.1) is 12.7 Å². The molecule has 0 bridgehead atoms. The normalized spacial score (nSPS) is 26.1. The molecule has 3 unspecified atom stereocenters. The first kappa shape index (κ1) is 12.5. The van der Waals surface area contributed by atoms with E-state index in [0.29, 0.717) is 12.0 Å². The molecule has 0 spiro atoms. The van der Waals surface area contributed by atoms with Gasteiger partial charge in [0.2, 0.25) is 0 Å². The van der Waals surface area contributed by atoms with Crippen molar-refractivity contribution in [3.8, 4) is 0 Å².